The van der Waals surface area contributed by atoms with Crippen molar-refractivity contribution in [2.45, 2.75) is 38.6 Å². The van der Waals surface area contributed by atoms with Gasteiger partial charge >= 0.3 is 0 Å². The van der Waals surface area contributed by atoms with Gasteiger partial charge in [-0.15, -0.1) is 0 Å². The molecule has 0 aliphatic carbocycles. The van der Waals surface area contributed by atoms with Crippen LogP contribution < -0.4 is 10.2 Å². The Morgan fingerprint density at radius 2 is 1.70 bits per heavy atom. The average Bonchev–Trinajstić information content (AvgIpc) is 3.26. The van der Waals surface area contributed by atoms with Crippen molar-refractivity contribution < 1.29 is 4.79 Å². The summed E-state index contributed by atoms with van der Waals surface area (Å²) in [5.74, 6) is 1.94. The zero-order chi connectivity index (χ0) is 22.5. The van der Waals surface area contributed by atoms with E-state index in [1.807, 2.05) is 42.6 Å². The zero-order valence-electron chi connectivity index (χ0n) is 18.8. The van der Waals surface area contributed by atoms with Crippen LogP contribution in [0.4, 0.5) is 5.82 Å². The third-order valence-corrected chi connectivity index (χ3v) is 6.20. The largest absolute Gasteiger partial charge is 0.357 e. The van der Waals surface area contributed by atoms with Gasteiger partial charge in [0.25, 0.3) is 0 Å². The summed E-state index contributed by atoms with van der Waals surface area (Å²) in [4.78, 5) is 24.3. The highest BCUT2D eigenvalue weighted by Crippen LogP contribution is 2.22. The highest BCUT2D eigenvalue weighted by molar-refractivity contribution is 5.79. The summed E-state index contributed by atoms with van der Waals surface area (Å²) in [5, 5.41) is 3.03. The van der Waals surface area contributed by atoms with Crippen molar-refractivity contribution in [1.29, 1.82) is 0 Å². The number of hydrogen-bond donors (Lipinski definition) is 1. The van der Waals surface area contributed by atoms with Crippen molar-refractivity contribution in [2.75, 3.05) is 18.0 Å². The molecule has 5 rings (SSSR count). The normalized spacial score (nSPS) is 13.9. The van der Waals surface area contributed by atoms with Gasteiger partial charge < -0.3 is 10.2 Å². The maximum atomic E-state index is 12.6. The number of carbonyl (C=O) groups excluding carboxylic acids is 1. The van der Waals surface area contributed by atoms with Crippen molar-refractivity contribution in [3.05, 3.63) is 84.3 Å². The first-order chi connectivity index (χ1) is 16.3. The number of rotatable bonds is 7. The predicted molar refractivity (Wildman–Crippen MR) is 132 cm³/mol. The van der Waals surface area contributed by atoms with Crippen molar-refractivity contribution in [1.82, 2.24) is 19.9 Å². The van der Waals surface area contributed by atoms with E-state index in [0.717, 1.165) is 47.0 Å². The number of pyridine rings is 1. The molecule has 2 aromatic heterocycles. The van der Waals surface area contributed by atoms with E-state index >= 15 is 0 Å². The molecule has 6 nitrogen and oxygen atoms in total. The van der Waals surface area contributed by atoms with Crippen LogP contribution in [0, 0.1) is 0 Å². The minimum absolute atomic E-state index is 0.0155. The van der Waals surface area contributed by atoms with Gasteiger partial charge in [0.15, 0.2) is 0 Å². The fourth-order valence-corrected chi connectivity index (χ4v) is 4.45. The molecule has 4 aromatic rings. The number of fused-ring (bicyclic) bond motifs is 1. The van der Waals surface area contributed by atoms with E-state index in [0.29, 0.717) is 19.4 Å². The molecule has 0 saturated carbocycles. The Hall–Kier alpha value is -3.67. The lowest BCUT2D eigenvalue weighted by molar-refractivity contribution is -0.121. The van der Waals surface area contributed by atoms with E-state index in [1.54, 1.807) is 0 Å². The summed E-state index contributed by atoms with van der Waals surface area (Å²) in [5.41, 5.74) is 4.07. The van der Waals surface area contributed by atoms with Crippen LogP contribution in [-0.2, 0) is 17.8 Å². The summed E-state index contributed by atoms with van der Waals surface area (Å²) in [6.45, 7) is 2.65. The Bertz CT molecular complexity index is 1210. The highest BCUT2D eigenvalue weighted by atomic mass is 16.1. The molecular formula is C27H29N5O. The van der Waals surface area contributed by atoms with Crippen LogP contribution in [0.3, 0.4) is 0 Å². The van der Waals surface area contributed by atoms with Crippen LogP contribution in [0.2, 0.25) is 0 Å². The number of aromatic nitrogens is 3. The van der Waals surface area contributed by atoms with Gasteiger partial charge in [-0.3, -0.25) is 9.36 Å². The molecule has 0 atom stereocenters. The second kappa shape index (κ2) is 9.86. The minimum Gasteiger partial charge on any atom is -0.357 e. The lowest BCUT2D eigenvalue weighted by Crippen LogP contribution is -2.30. The first kappa shape index (κ1) is 21.2. The molecule has 1 aliphatic rings. The number of nitrogens with zero attached hydrogens (tertiary/aromatic N) is 4. The summed E-state index contributed by atoms with van der Waals surface area (Å²) in [7, 11) is 0. The standard InChI is InChI=1S/C27H29N5O/c33-27(29-20-21-13-14-25(28-19-21)31-17-7-2-8-18-31)16-15-26-30-23-11-5-6-12-24(23)32(26)22-9-3-1-4-10-22/h1,3-6,9-14,19H,2,7-8,15-18,20H2,(H,29,33). The van der Waals surface area contributed by atoms with Gasteiger partial charge in [-0.2, -0.15) is 0 Å². The van der Waals surface area contributed by atoms with Crippen molar-refractivity contribution in [3.63, 3.8) is 0 Å². The maximum Gasteiger partial charge on any atom is 0.220 e. The van der Waals surface area contributed by atoms with Crippen LogP contribution in [0.25, 0.3) is 16.7 Å². The van der Waals surface area contributed by atoms with E-state index in [2.05, 4.69) is 50.1 Å². The topological polar surface area (TPSA) is 63.1 Å². The number of carbonyl (C=O) groups is 1. The van der Waals surface area contributed by atoms with Gasteiger partial charge in [-0.1, -0.05) is 36.4 Å². The molecule has 2 aromatic carbocycles. The number of piperidine rings is 1. The predicted octanol–water partition coefficient (Wildman–Crippen LogP) is 4.66. The molecule has 168 valence electrons. The number of amides is 1. The maximum absolute atomic E-state index is 12.6. The number of para-hydroxylation sites is 3. The molecule has 0 spiro atoms. The Morgan fingerprint density at radius 3 is 2.48 bits per heavy atom. The number of nitrogens with one attached hydrogen (secondary N) is 1. The van der Waals surface area contributed by atoms with E-state index < -0.39 is 0 Å². The smallest absolute Gasteiger partial charge is 0.220 e. The van der Waals surface area contributed by atoms with Gasteiger partial charge in [-0.05, 0) is 55.2 Å². The number of imidazole rings is 1. The molecular weight excluding hydrogens is 410 g/mol. The lowest BCUT2D eigenvalue weighted by atomic mass is 10.1. The number of benzene rings is 2. The number of aryl methyl sites for hydroxylation is 1. The third kappa shape index (κ3) is 4.90. The molecule has 0 radical (unpaired) electrons. The van der Waals surface area contributed by atoms with E-state index in [1.165, 1.54) is 19.3 Å². The summed E-state index contributed by atoms with van der Waals surface area (Å²) < 4.78 is 2.14. The Kier molecular flexibility index (Phi) is 6.33. The first-order valence-electron chi connectivity index (χ1n) is 11.8. The van der Waals surface area contributed by atoms with Crippen LogP contribution >= 0.6 is 0 Å². The second-order valence-electron chi connectivity index (χ2n) is 8.54. The molecule has 6 heteroatoms. The molecule has 0 bridgehead atoms. The van der Waals surface area contributed by atoms with Gasteiger partial charge in [0.05, 0.1) is 11.0 Å². The molecule has 3 heterocycles. The first-order valence-corrected chi connectivity index (χ1v) is 11.8. The van der Waals surface area contributed by atoms with Crippen LogP contribution in [0.15, 0.2) is 72.9 Å². The van der Waals surface area contributed by atoms with Crippen LogP contribution in [0.5, 0.6) is 0 Å². The zero-order valence-corrected chi connectivity index (χ0v) is 18.8. The Balaban J connectivity index is 1.21. The van der Waals surface area contributed by atoms with E-state index in [4.69, 9.17) is 4.98 Å². The van der Waals surface area contributed by atoms with Gasteiger partial charge in [-0.25, -0.2) is 9.97 Å². The number of hydrogen-bond acceptors (Lipinski definition) is 4. The van der Waals surface area contributed by atoms with Crippen molar-refractivity contribution in [2.24, 2.45) is 0 Å². The molecule has 1 amide bonds. The fraction of sp³-hybridized carbons (Fsp3) is 0.296. The second-order valence-corrected chi connectivity index (χ2v) is 8.54. The van der Waals surface area contributed by atoms with E-state index in [-0.39, 0.29) is 5.91 Å². The van der Waals surface area contributed by atoms with Crippen LogP contribution in [-0.4, -0.2) is 33.5 Å². The Labute approximate surface area is 194 Å². The van der Waals surface area contributed by atoms with Gasteiger partial charge in [0, 0.05) is 44.4 Å². The SMILES string of the molecule is O=C(CCc1nc2ccccc2n1-c1ccccc1)NCc1ccc(N2CCCCC2)nc1. The molecule has 1 saturated heterocycles. The third-order valence-electron chi connectivity index (χ3n) is 6.20. The average molecular weight is 440 g/mol. The quantitative estimate of drug-likeness (QED) is 0.455. The molecule has 33 heavy (non-hydrogen) atoms. The molecule has 0 unspecified atom stereocenters. The Morgan fingerprint density at radius 1 is 0.909 bits per heavy atom. The van der Waals surface area contributed by atoms with Crippen molar-refractivity contribution >= 4 is 22.8 Å². The minimum atomic E-state index is 0.0155. The molecule has 1 fully saturated rings. The van der Waals surface area contributed by atoms with Gasteiger partial charge in [0.2, 0.25) is 5.91 Å². The summed E-state index contributed by atoms with van der Waals surface area (Å²) in [6, 6.07) is 22.4. The summed E-state index contributed by atoms with van der Waals surface area (Å²) in [6.07, 6.45) is 6.60. The van der Waals surface area contributed by atoms with Crippen molar-refractivity contribution in [3.8, 4) is 5.69 Å². The van der Waals surface area contributed by atoms with Crippen LogP contribution in [0.1, 0.15) is 37.1 Å². The molecule has 1 aliphatic heterocycles. The number of anilines is 1. The highest BCUT2D eigenvalue weighted by Gasteiger charge is 2.14. The fourth-order valence-electron chi connectivity index (χ4n) is 4.45. The van der Waals surface area contributed by atoms with E-state index in [9.17, 15) is 4.79 Å². The molecule has 1 N–H and O–H groups in total. The monoisotopic (exact) mass is 439 g/mol. The lowest BCUT2D eigenvalue weighted by Gasteiger charge is -2.27. The summed E-state index contributed by atoms with van der Waals surface area (Å²) >= 11 is 0. The van der Waals surface area contributed by atoms with Gasteiger partial charge in [0.1, 0.15) is 11.6 Å².